The van der Waals surface area contributed by atoms with E-state index in [-0.39, 0.29) is 16.5 Å². The molecule has 0 bridgehead atoms. The molecule has 0 radical (unpaired) electrons. The highest BCUT2D eigenvalue weighted by molar-refractivity contribution is 7.99. The molecule has 3 aromatic carbocycles. The van der Waals surface area contributed by atoms with Crippen molar-refractivity contribution >= 4 is 34.5 Å². The van der Waals surface area contributed by atoms with Gasteiger partial charge in [-0.25, -0.2) is 9.37 Å². The maximum absolute atomic E-state index is 14.2. The number of hydrogen-bond acceptors (Lipinski definition) is 5. The fourth-order valence-corrected chi connectivity index (χ4v) is 3.92. The third-order valence-electron chi connectivity index (χ3n) is 4.78. The normalized spacial score (nSPS) is 10.8. The molecule has 8 heteroatoms. The number of carbonyl (C=O) groups is 2. The number of benzene rings is 3. The molecule has 160 valence electrons. The molecule has 1 aromatic heterocycles. The van der Waals surface area contributed by atoms with Gasteiger partial charge >= 0.3 is 0 Å². The van der Waals surface area contributed by atoms with Gasteiger partial charge in [0.05, 0.1) is 22.3 Å². The summed E-state index contributed by atoms with van der Waals surface area (Å²) >= 11 is 0.991. The van der Waals surface area contributed by atoms with E-state index in [2.05, 4.69) is 10.3 Å². The van der Waals surface area contributed by atoms with Crippen molar-refractivity contribution in [2.45, 2.75) is 12.1 Å². The second-order valence-corrected chi connectivity index (χ2v) is 7.96. The Morgan fingerprint density at radius 1 is 1.03 bits per heavy atom. The summed E-state index contributed by atoms with van der Waals surface area (Å²) in [6, 6.07) is 19.7. The van der Waals surface area contributed by atoms with E-state index in [0.717, 1.165) is 11.8 Å². The van der Waals surface area contributed by atoms with Gasteiger partial charge in [0.15, 0.2) is 5.16 Å². The van der Waals surface area contributed by atoms with Crippen LogP contribution in [0.1, 0.15) is 15.9 Å². The predicted molar refractivity (Wildman–Crippen MR) is 122 cm³/mol. The number of halogens is 1. The number of rotatable bonds is 5. The number of imide groups is 1. The highest BCUT2D eigenvalue weighted by Gasteiger charge is 2.17. The maximum Gasteiger partial charge on any atom is 0.266 e. The Hall–Kier alpha value is -3.78. The summed E-state index contributed by atoms with van der Waals surface area (Å²) in [6.45, 7) is 1.63. The van der Waals surface area contributed by atoms with Crippen molar-refractivity contribution in [2.75, 3.05) is 5.75 Å². The van der Waals surface area contributed by atoms with Crippen LogP contribution in [0.2, 0.25) is 0 Å². The summed E-state index contributed by atoms with van der Waals surface area (Å²) in [5.41, 5.74) is 1.21. The number of thioether (sulfide) groups is 1. The lowest BCUT2D eigenvalue weighted by molar-refractivity contribution is -0.117. The van der Waals surface area contributed by atoms with Crippen molar-refractivity contribution in [1.29, 1.82) is 0 Å². The van der Waals surface area contributed by atoms with Gasteiger partial charge in [0.25, 0.3) is 11.5 Å². The van der Waals surface area contributed by atoms with Crippen molar-refractivity contribution in [3.63, 3.8) is 0 Å². The zero-order valence-electron chi connectivity index (χ0n) is 17.0. The highest BCUT2D eigenvalue weighted by atomic mass is 32.2. The second kappa shape index (κ2) is 9.15. The molecular formula is C24H18FN3O3S. The van der Waals surface area contributed by atoms with Crippen LogP contribution in [0.5, 0.6) is 0 Å². The van der Waals surface area contributed by atoms with E-state index in [1.165, 1.54) is 10.6 Å². The van der Waals surface area contributed by atoms with Gasteiger partial charge < -0.3 is 0 Å². The van der Waals surface area contributed by atoms with E-state index in [0.29, 0.717) is 27.7 Å². The number of para-hydroxylation sites is 1. The highest BCUT2D eigenvalue weighted by Crippen LogP contribution is 2.22. The standard InChI is InChI=1S/C24H18FN3O3S/c1-15-11-12-17(13-19(15)25)28-23(31)18-9-5-6-10-20(18)26-24(28)32-14-21(29)27-22(30)16-7-3-2-4-8-16/h2-13H,14H2,1H3,(H,27,29,30). The predicted octanol–water partition coefficient (Wildman–Crippen LogP) is 3.88. The lowest BCUT2D eigenvalue weighted by Crippen LogP contribution is -2.32. The smallest absolute Gasteiger partial charge is 0.266 e. The summed E-state index contributed by atoms with van der Waals surface area (Å²) in [4.78, 5) is 42.3. The van der Waals surface area contributed by atoms with E-state index < -0.39 is 17.6 Å². The fourth-order valence-electron chi connectivity index (χ4n) is 3.11. The van der Waals surface area contributed by atoms with E-state index in [1.54, 1.807) is 73.7 Å². The zero-order valence-corrected chi connectivity index (χ0v) is 17.9. The summed E-state index contributed by atoms with van der Waals surface area (Å²) in [5.74, 6) is -1.66. The molecule has 1 heterocycles. The topological polar surface area (TPSA) is 81.1 Å². The molecule has 4 aromatic rings. The zero-order chi connectivity index (χ0) is 22.7. The maximum atomic E-state index is 14.2. The fraction of sp³-hybridized carbons (Fsp3) is 0.0833. The number of aryl methyl sites for hydroxylation is 1. The molecule has 1 N–H and O–H groups in total. The first kappa shape index (κ1) is 21.5. The quantitative estimate of drug-likeness (QED) is 0.371. The third kappa shape index (κ3) is 4.45. The molecule has 0 spiro atoms. The van der Waals surface area contributed by atoms with Crippen LogP contribution in [-0.4, -0.2) is 27.1 Å². The monoisotopic (exact) mass is 447 g/mol. The molecule has 0 fully saturated rings. The minimum Gasteiger partial charge on any atom is -0.292 e. The number of nitrogens with zero attached hydrogens (tertiary/aromatic N) is 2. The van der Waals surface area contributed by atoms with Gasteiger partial charge in [0.2, 0.25) is 5.91 Å². The number of amides is 2. The summed E-state index contributed by atoms with van der Waals surface area (Å²) < 4.78 is 15.5. The van der Waals surface area contributed by atoms with E-state index in [1.807, 2.05) is 0 Å². The van der Waals surface area contributed by atoms with Gasteiger partial charge in [-0.05, 0) is 48.9 Å². The molecule has 0 aliphatic carbocycles. The molecule has 0 aliphatic heterocycles. The van der Waals surface area contributed by atoms with Gasteiger partial charge in [0, 0.05) is 5.56 Å². The second-order valence-electron chi connectivity index (χ2n) is 7.02. The van der Waals surface area contributed by atoms with Crippen LogP contribution in [0.25, 0.3) is 16.6 Å². The first-order valence-corrected chi connectivity index (χ1v) is 10.7. The van der Waals surface area contributed by atoms with Crippen LogP contribution in [-0.2, 0) is 4.79 Å². The minimum absolute atomic E-state index is 0.155. The molecule has 2 amide bonds. The van der Waals surface area contributed by atoms with E-state index in [4.69, 9.17) is 0 Å². The lowest BCUT2D eigenvalue weighted by atomic mass is 10.2. The van der Waals surface area contributed by atoms with Crippen LogP contribution in [0.15, 0.2) is 82.7 Å². The third-order valence-corrected chi connectivity index (χ3v) is 5.72. The van der Waals surface area contributed by atoms with Crippen molar-refractivity contribution in [2.24, 2.45) is 0 Å². The van der Waals surface area contributed by atoms with Gasteiger partial charge in [-0.3, -0.25) is 24.3 Å². The largest absolute Gasteiger partial charge is 0.292 e. The Kier molecular flexibility index (Phi) is 6.13. The number of carbonyl (C=O) groups excluding carboxylic acids is 2. The van der Waals surface area contributed by atoms with Crippen molar-refractivity contribution in [1.82, 2.24) is 14.9 Å². The Balaban J connectivity index is 1.65. The first-order valence-electron chi connectivity index (χ1n) is 9.74. The van der Waals surface area contributed by atoms with Crippen LogP contribution in [0, 0.1) is 12.7 Å². The van der Waals surface area contributed by atoms with Crippen molar-refractivity contribution in [3.05, 3.63) is 100 Å². The average molecular weight is 447 g/mol. The Morgan fingerprint density at radius 3 is 2.50 bits per heavy atom. The van der Waals surface area contributed by atoms with Gasteiger partial charge in [-0.2, -0.15) is 0 Å². The summed E-state index contributed by atoms with van der Waals surface area (Å²) in [7, 11) is 0. The molecule has 0 unspecified atom stereocenters. The van der Waals surface area contributed by atoms with Gasteiger partial charge in [-0.15, -0.1) is 0 Å². The number of aromatic nitrogens is 2. The Labute approximate surface area is 187 Å². The van der Waals surface area contributed by atoms with Crippen molar-refractivity contribution < 1.29 is 14.0 Å². The average Bonchev–Trinajstić information content (AvgIpc) is 2.80. The Morgan fingerprint density at radius 2 is 1.75 bits per heavy atom. The molecule has 0 saturated heterocycles. The number of nitrogens with one attached hydrogen (secondary N) is 1. The molecular weight excluding hydrogens is 429 g/mol. The van der Waals surface area contributed by atoms with Gasteiger partial charge in [0.1, 0.15) is 5.82 Å². The van der Waals surface area contributed by atoms with Gasteiger partial charge in [-0.1, -0.05) is 48.2 Å². The van der Waals surface area contributed by atoms with Crippen LogP contribution >= 0.6 is 11.8 Å². The molecule has 6 nitrogen and oxygen atoms in total. The van der Waals surface area contributed by atoms with E-state index >= 15 is 0 Å². The number of fused-ring (bicyclic) bond motifs is 1. The molecule has 0 saturated carbocycles. The summed E-state index contributed by atoms with van der Waals surface area (Å²) in [5, 5.41) is 2.92. The number of hydrogen-bond donors (Lipinski definition) is 1. The summed E-state index contributed by atoms with van der Waals surface area (Å²) in [6.07, 6.45) is 0. The van der Waals surface area contributed by atoms with E-state index in [9.17, 15) is 18.8 Å². The van der Waals surface area contributed by atoms with Crippen molar-refractivity contribution in [3.8, 4) is 5.69 Å². The minimum atomic E-state index is -0.534. The molecule has 0 aliphatic rings. The lowest BCUT2D eigenvalue weighted by Gasteiger charge is -2.13. The van der Waals surface area contributed by atoms with Crippen LogP contribution in [0.3, 0.4) is 0 Å². The molecule has 0 atom stereocenters. The SMILES string of the molecule is Cc1ccc(-n2c(SCC(=O)NC(=O)c3ccccc3)nc3ccccc3c2=O)cc1F. The molecule has 32 heavy (non-hydrogen) atoms. The first-order chi connectivity index (χ1) is 15.4. The molecule has 4 rings (SSSR count). The van der Waals surface area contributed by atoms with Crippen LogP contribution in [0.4, 0.5) is 4.39 Å². The van der Waals surface area contributed by atoms with Crippen LogP contribution < -0.4 is 10.9 Å². The Bertz CT molecular complexity index is 1390.